The summed E-state index contributed by atoms with van der Waals surface area (Å²) in [6.07, 6.45) is -5.38. The lowest BCUT2D eigenvalue weighted by atomic mass is 11.1. The van der Waals surface area contributed by atoms with Gasteiger partial charge in [0.1, 0.15) is 24.1 Å². The van der Waals surface area contributed by atoms with Crippen LogP contribution in [0, 0.1) is 0 Å². The summed E-state index contributed by atoms with van der Waals surface area (Å²) >= 11 is 0. The smallest absolute Gasteiger partial charge is 0.387 e. The maximum Gasteiger partial charge on any atom is 0.490 e. The van der Waals surface area contributed by atoms with Crippen molar-refractivity contribution < 1.29 is 61.4 Å². The molecule has 17 nitrogen and oxygen atoms in total. The normalized spacial score (nSPS) is 29.3. The Morgan fingerprint density at radius 1 is 1.10 bits per heavy atom. The molecule has 1 aliphatic heterocycles. The number of ether oxygens (including phenoxy) is 1. The molecule has 2 rings (SSSR count). The van der Waals surface area contributed by atoms with Crippen LogP contribution in [-0.2, 0) is 31.6 Å². The Bertz CT molecular complexity index is 946. The van der Waals surface area contributed by atoms with Gasteiger partial charge in [0.2, 0.25) is 0 Å². The van der Waals surface area contributed by atoms with Crippen molar-refractivity contribution in [3.63, 3.8) is 0 Å². The first-order valence-corrected chi connectivity index (χ1v) is 11.8. The van der Waals surface area contributed by atoms with Crippen LogP contribution in [0.25, 0.3) is 0 Å². The van der Waals surface area contributed by atoms with Gasteiger partial charge in [-0.15, -0.1) is 0 Å². The van der Waals surface area contributed by atoms with Crippen LogP contribution in [-0.4, -0.2) is 64.3 Å². The van der Waals surface area contributed by atoms with Gasteiger partial charge in [-0.2, -0.15) is 13.6 Å². The summed E-state index contributed by atoms with van der Waals surface area (Å²) in [4.78, 5) is 50.5. The third kappa shape index (κ3) is 6.73. The zero-order valence-corrected chi connectivity index (χ0v) is 16.6. The maximum atomic E-state index is 11.8. The second kappa shape index (κ2) is 8.61. The number of aliphatic hydroxyl groups is 2. The Kier molecular flexibility index (Phi) is 7.20. The Labute approximate surface area is 160 Å². The summed E-state index contributed by atoms with van der Waals surface area (Å²) in [5.74, 6) is -0.122. The van der Waals surface area contributed by atoms with Gasteiger partial charge in [-0.1, -0.05) is 0 Å². The second-order valence-electron chi connectivity index (χ2n) is 5.48. The van der Waals surface area contributed by atoms with Crippen LogP contribution in [0.3, 0.4) is 0 Å². The number of nitrogens with two attached hydrogens (primary N) is 1. The average molecular weight is 495 g/mol. The van der Waals surface area contributed by atoms with Gasteiger partial charge in [-0.05, 0) is 6.07 Å². The van der Waals surface area contributed by atoms with E-state index in [0.29, 0.717) is 0 Å². The van der Waals surface area contributed by atoms with Gasteiger partial charge < -0.3 is 40.3 Å². The van der Waals surface area contributed by atoms with E-state index in [1.165, 1.54) is 6.07 Å². The molecular weight excluding hydrogens is 479 g/mol. The highest BCUT2D eigenvalue weighted by molar-refractivity contribution is 7.66. The van der Waals surface area contributed by atoms with Crippen molar-refractivity contribution in [2.24, 2.45) is 0 Å². The number of phosphoric ester groups is 1. The molecule has 0 aromatic carbocycles. The molecule has 0 radical (unpaired) electrons. The molecule has 0 bridgehead atoms. The number of anilines is 1. The number of aliphatic hydroxyl groups excluding tert-OH is 2. The fraction of sp³-hybridized carbons (Fsp3) is 0.556. The first-order chi connectivity index (χ1) is 13.1. The van der Waals surface area contributed by atoms with Gasteiger partial charge in [-0.3, -0.25) is 9.09 Å². The molecule has 20 heteroatoms. The van der Waals surface area contributed by atoms with Crippen molar-refractivity contribution in [2.75, 3.05) is 12.3 Å². The fourth-order valence-electron chi connectivity index (χ4n) is 2.19. The molecule has 0 aliphatic carbocycles. The van der Waals surface area contributed by atoms with Crippen LogP contribution in [0.2, 0.25) is 0 Å². The van der Waals surface area contributed by atoms with Crippen LogP contribution >= 0.6 is 23.5 Å². The highest BCUT2D eigenvalue weighted by Gasteiger charge is 2.46. The van der Waals surface area contributed by atoms with Gasteiger partial charge in [0.25, 0.3) is 0 Å². The van der Waals surface area contributed by atoms with Crippen molar-refractivity contribution in [2.45, 2.75) is 24.5 Å². The number of nitrogens with zero attached hydrogens (tertiary/aromatic N) is 2. The Balaban J connectivity index is 2.05. The SMILES string of the molecule is [15NH2][13c]1[13cH][13cH][15n]([13C@H]2O[13C@H]([13CH2]OP(=O)(O)OP(=O)(O)OP(=O)(O)O)[13C@H](O)[13C@@H]2O)[13c](=O)[15n]1. The summed E-state index contributed by atoms with van der Waals surface area (Å²) < 4.78 is 50.8. The fourth-order valence-corrected chi connectivity index (χ4v) is 5.22. The molecule has 1 saturated heterocycles. The molecule has 2 unspecified atom stereocenters. The highest BCUT2D eigenvalue weighted by atomic mass is 31.3. The third-order valence-electron chi connectivity index (χ3n) is 3.28. The summed E-state index contributed by atoms with van der Waals surface area (Å²) in [5, 5.41) is 20.0. The van der Waals surface area contributed by atoms with Crippen molar-refractivity contribution in [3.8, 4) is 0 Å². The predicted octanol–water partition coefficient (Wildman–Crippen LogP) is -2.21. The van der Waals surface area contributed by atoms with E-state index in [1.807, 2.05) is 0 Å². The number of aromatic nitrogens is 2. The van der Waals surface area contributed by atoms with Crippen LogP contribution in [0.4, 0.5) is 5.82 Å². The molecule has 1 aromatic rings. The molecule has 1 aliphatic rings. The third-order valence-corrected chi connectivity index (χ3v) is 7.08. The highest BCUT2D eigenvalue weighted by Crippen LogP contribution is 2.66. The van der Waals surface area contributed by atoms with E-state index >= 15 is 0 Å². The summed E-state index contributed by atoms with van der Waals surface area (Å²) in [6.45, 7) is -1.02. The van der Waals surface area contributed by atoms with Crippen molar-refractivity contribution in [3.05, 3.63) is 22.7 Å². The van der Waals surface area contributed by atoms with E-state index < -0.39 is 60.3 Å². The summed E-state index contributed by atoms with van der Waals surface area (Å²) in [5.41, 5.74) is 4.39. The molecule has 0 amide bonds. The molecule has 2 heterocycles. The molecule has 1 fully saturated rings. The Hall–Kier alpha value is -1.03. The van der Waals surface area contributed by atoms with Crippen molar-refractivity contribution >= 4 is 29.3 Å². The molecule has 0 saturated carbocycles. The van der Waals surface area contributed by atoms with Crippen LogP contribution < -0.4 is 11.4 Å². The lowest BCUT2D eigenvalue weighted by molar-refractivity contribution is -0.0541. The quantitative estimate of drug-likeness (QED) is 0.114. The molecular formula is C9H16N3O14P3. The van der Waals surface area contributed by atoms with Crippen molar-refractivity contribution in [1.82, 2.24) is 9.55 Å². The molecule has 6 atom stereocenters. The van der Waals surface area contributed by atoms with Gasteiger partial charge in [0.05, 0.1) is 6.61 Å². The Morgan fingerprint density at radius 3 is 2.28 bits per heavy atom. The molecule has 8 N–H and O–H groups in total. The zero-order chi connectivity index (χ0) is 22.2. The molecule has 1 aromatic heterocycles. The van der Waals surface area contributed by atoms with E-state index in [9.17, 15) is 33.6 Å². The van der Waals surface area contributed by atoms with Crippen molar-refractivity contribution in [1.29, 1.82) is 0 Å². The van der Waals surface area contributed by atoms with Gasteiger partial charge in [-0.25, -0.2) is 18.5 Å². The minimum Gasteiger partial charge on any atom is -0.387 e. The maximum absolute atomic E-state index is 11.8. The minimum atomic E-state index is -5.71. The lowest BCUT2D eigenvalue weighted by Crippen LogP contribution is -2.36. The zero-order valence-electron chi connectivity index (χ0n) is 13.9. The monoisotopic (exact) mass is 495 g/mol. The predicted molar refractivity (Wildman–Crippen MR) is 88.6 cm³/mol. The summed E-state index contributed by atoms with van der Waals surface area (Å²) in [7, 11) is -16.7. The van der Waals surface area contributed by atoms with Gasteiger partial charge in [0.15, 0.2) is 6.23 Å². The number of rotatable bonds is 8. The van der Waals surface area contributed by atoms with E-state index in [4.69, 9.17) is 25.2 Å². The molecule has 166 valence electrons. The van der Waals surface area contributed by atoms with E-state index in [-0.39, 0.29) is 5.82 Å². The first kappa shape index (κ1) is 24.2. The van der Waals surface area contributed by atoms with Crippen LogP contribution in [0.1, 0.15) is 6.23 Å². The van der Waals surface area contributed by atoms with Gasteiger partial charge in [0, 0.05) is 6.20 Å². The van der Waals surface area contributed by atoms with E-state index in [0.717, 1.165) is 10.8 Å². The van der Waals surface area contributed by atoms with E-state index in [2.05, 4.69) is 18.1 Å². The van der Waals surface area contributed by atoms with Gasteiger partial charge >= 0.3 is 29.2 Å². The standard InChI is InChI=1S/C9H16N3O14P3/c10-5-1-2-12(9(15)11-5)8-7(14)6(13)4(24-8)3-23-28(19,20)26-29(21,22)25-27(16,17)18/h1-2,4,6-8,13-14H,3H2,(H,19,20)(H,21,22)(H2,10,11,15)(H2,16,17,18)/t4-,6+,7+,8+/m1/s1/i1+1,2+1,3+1,4+1,5+1,6+1,7+1,8+1,9+1,10+1,11+1,12+1. The van der Waals surface area contributed by atoms with E-state index in [1.54, 1.807) is 0 Å². The summed E-state index contributed by atoms with van der Waals surface area (Å²) in [6, 6.07) is 1.20. The largest absolute Gasteiger partial charge is 0.490 e. The average Bonchev–Trinajstić information content (AvgIpc) is 2.78. The second-order valence-corrected chi connectivity index (χ2v) is 9.90. The Morgan fingerprint density at radius 2 is 1.72 bits per heavy atom. The first-order valence-electron chi connectivity index (χ1n) is 7.25. The number of hydrogen-bond acceptors (Lipinski definition) is 12. The number of nitrogen functional groups attached to an aromatic ring is 1. The minimum absolute atomic E-state index is 0.122. The molecule has 0 spiro atoms. The topological polar surface area (TPSA) is 270 Å². The van der Waals surface area contributed by atoms with Crippen LogP contribution in [0.15, 0.2) is 17.1 Å². The lowest BCUT2D eigenvalue weighted by Gasteiger charge is -2.19. The van der Waals surface area contributed by atoms with Crippen LogP contribution in [0.5, 0.6) is 0 Å². The number of hydrogen-bond donors (Lipinski definition) is 7. The molecule has 29 heavy (non-hydrogen) atoms. The number of phosphoric acid groups is 3.